The third-order valence-electron chi connectivity index (χ3n) is 18.1. The molecule has 2 saturated heterocycles. The van der Waals surface area contributed by atoms with Gasteiger partial charge in [0.2, 0.25) is 47.3 Å². The van der Waals surface area contributed by atoms with Crippen molar-refractivity contribution in [1.29, 1.82) is 0 Å². The number of ketones is 1. The summed E-state index contributed by atoms with van der Waals surface area (Å²) in [5, 5.41) is 47.5. The average molecular weight is 1340 g/mol. The molecule has 30 nitrogen and oxygen atoms in total. The van der Waals surface area contributed by atoms with Gasteiger partial charge in [-0.2, -0.15) is 0 Å². The maximum atomic E-state index is 15.4. The minimum Gasteiger partial charge on any atom is -0.480 e. The number of carboxylic acids is 1. The fourth-order valence-corrected chi connectivity index (χ4v) is 12.6. The van der Waals surface area contributed by atoms with Crippen molar-refractivity contribution in [3.05, 3.63) is 163 Å². The molecule has 1 unspecified atom stereocenters. The number of benzene rings is 3. The van der Waals surface area contributed by atoms with Crippen molar-refractivity contribution in [2.45, 2.75) is 157 Å². The Morgan fingerprint density at radius 1 is 0.612 bits per heavy atom. The van der Waals surface area contributed by atoms with E-state index >= 15 is 14.4 Å². The largest absolute Gasteiger partial charge is 0.480 e. The summed E-state index contributed by atoms with van der Waals surface area (Å²) in [6.07, 6.45) is 13.2. The molecule has 17 N–H and O–H groups in total. The number of unbranched alkanes of at least 4 members (excludes halogenated alkanes) is 1. The van der Waals surface area contributed by atoms with Crippen LogP contribution in [0.5, 0.6) is 0 Å². The van der Waals surface area contributed by atoms with Crippen LogP contribution in [0.3, 0.4) is 0 Å². The summed E-state index contributed by atoms with van der Waals surface area (Å²) in [5.41, 5.74) is 8.86. The first-order valence-electron chi connectivity index (χ1n) is 32.8. The number of amides is 8. The van der Waals surface area contributed by atoms with E-state index in [-0.39, 0.29) is 76.5 Å². The van der Waals surface area contributed by atoms with Gasteiger partial charge in [-0.25, -0.2) is 15.0 Å². The molecule has 0 spiro atoms. The molecule has 516 valence electrons. The summed E-state index contributed by atoms with van der Waals surface area (Å²) in [7, 11) is 0. The Bertz CT molecular complexity index is 4090. The minimum absolute atomic E-state index is 0.107. The van der Waals surface area contributed by atoms with Crippen LogP contribution in [0.25, 0.3) is 21.8 Å². The van der Waals surface area contributed by atoms with Crippen molar-refractivity contribution in [2.75, 3.05) is 13.2 Å². The molecule has 98 heavy (non-hydrogen) atoms. The van der Waals surface area contributed by atoms with Crippen molar-refractivity contribution in [1.82, 2.24) is 87.3 Å². The molecule has 3 aromatic carbocycles. The number of hydrogen-bond donors (Lipinski definition) is 16. The number of imidazole rings is 3. The second-order valence-corrected chi connectivity index (χ2v) is 24.8. The number of para-hydroxylation sites is 2. The monoisotopic (exact) mass is 1340 g/mol. The van der Waals surface area contributed by atoms with Crippen LogP contribution in [0.4, 0.5) is 0 Å². The average Bonchev–Trinajstić information content (AvgIpc) is 1.74. The second-order valence-electron chi connectivity index (χ2n) is 24.8. The van der Waals surface area contributed by atoms with Gasteiger partial charge in [-0.3, -0.25) is 53.3 Å². The standard InChI is InChI=1S/C68H82N18O12/c1-2-68(67(97)98)22-21-49(85-68)59(89)48(18-10-11-23-69)78-61(91)51(26-40-31-73-46-16-8-6-14-44(40)46)80-65(95)55(30-57-72-24-25-86(57)35-39-12-4-3-5-13-39)83-64(94)54(29-43-34-71-38-76-43)82-66(96)56(36-87)84-62(92)52(27-41-32-74-47-17-9-7-15-45(41)47)79-63(93)53(28-42-33-70-37-75-42)81-60(90)50-19-20-58(88)77-50/h3-9,12-17,24-25,31-34,37-38,48-56,73-74,85,87H,2,10-11,18-23,26-30,35-36,69H2,1H3,(H,70,75)(H,71,76)(H,77,88)(H,78,91)(H,79,93)(H,80,95)(H,81,90)(H,82,96)(H,83,94)(H,84,92)(H,97,98)/t48-,49?,50-,51-,52-,53-,54-,55-,56-,68-/m0/s1. The highest BCUT2D eigenvalue weighted by molar-refractivity contribution is 6.00. The zero-order valence-corrected chi connectivity index (χ0v) is 54.0. The highest BCUT2D eigenvalue weighted by Crippen LogP contribution is 2.29. The van der Waals surface area contributed by atoms with Crippen LogP contribution in [-0.2, 0) is 86.6 Å². The molecular formula is C68H82N18O12. The molecule has 2 aliphatic heterocycles. The number of aromatic amines is 4. The molecule has 30 heteroatoms. The Morgan fingerprint density at radius 3 is 1.62 bits per heavy atom. The van der Waals surface area contributed by atoms with Gasteiger partial charge < -0.3 is 83.0 Å². The van der Waals surface area contributed by atoms with E-state index in [1.165, 1.54) is 31.2 Å². The molecule has 0 saturated carbocycles. The van der Waals surface area contributed by atoms with E-state index in [1.54, 1.807) is 42.2 Å². The van der Waals surface area contributed by atoms with E-state index < -0.39 is 120 Å². The number of aliphatic hydroxyl groups excluding tert-OH is 1. The third-order valence-corrected chi connectivity index (χ3v) is 18.1. The molecular weight excluding hydrogens is 1260 g/mol. The van der Waals surface area contributed by atoms with Crippen LogP contribution >= 0.6 is 0 Å². The van der Waals surface area contributed by atoms with E-state index in [9.17, 15) is 43.8 Å². The lowest BCUT2D eigenvalue weighted by Gasteiger charge is -2.28. The van der Waals surface area contributed by atoms with Gasteiger partial charge in [0.25, 0.3) is 0 Å². The van der Waals surface area contributed by atoms with E-state index in [4.69, 9.17) is 5.73 Å². The number of nitrogens with two attached hydrogens (primary N) is 1. The Labute approximate surface area is 562 Å². The number of aromatic nitrogens is 8. The number of rotatable bonds is 35. The van der Waals surface area contributed by atoms with Gasteiger partial charge in [0.05, 0.1) is 31.3 Å². The summed E-state index contributed by atoms with van der Waals surface area (Å²) < 4.78 is 1.78. The van der Waals surface area contributed by atoms with Gasteiger partial charge in [0.15, 0.2) is 5.78 Å². The molecule has 2 fully saturated rings. The number of H-pyrrole nitrogens is 4. The Morgan fingerprint density at radius 2 is 1.12 bits per heavy atom. The Kier molecular flexibility index (Phi) is 23.4. The lowest BCUT2D eigenvalue weighted by molar-refractivity contribution is -0.144. The zero-order chi connectivity index (χ0) is 69.3. The van der Waals surface area contributed by atoms with Crippen molar-refractivity contribution >= 4 is 80.8 Å². The summed E-state index contributed by atoms with van der Waals surface area (Å²) in [6.45, 7) is 1.29. The van der Waals surface area contributed by atoms with Crippen LogP contribution in [0, 0.1) is 0 Å². The van der Waals surface area contributed by atoms with Crippen molar-refractivity contribution in [3.63, 3.8) is 0 Å². The number of aliphatic carboxylic acids is 1. The minimum atomic E-state index is -1.79. The highest BCUT2D eigenvalue weighted by Gasteiger charge is 2.47. The zero-order valence-electron chi connectivity index (χ0n) is 54.0. The summed E-state index contributed by atoms with van der Waals surface area (Å²) in [5.74, 6) is -7.59. The third kappa shape index (κ3) is 17.6. The van der Waals surface area contributed by atoms with Crippen LogP contribution in [0.1, 0.15) is 92.2 Å². The van der Waals surface area contributed by atoms with Crippen LogP contribution < -0.4 is 53.6 Å². The maximum absolute atomic E-state index is 15.4. The Hall–Kier alpha value is -10.9. The smallest absolute Gasteiger partial charge is 0.323 e. The number of Topliss-reactive ketones (excluding diaryl/α,β-unsaturated/α-hetero) is 1. The molecule has 8 amide bonds. The molecule has 2 aliphatic rings. The fourth-order valence-electron chi connectivity index (χ4n) is 12.6. The number of carbonyl (C=O) groups is 10. The lowest BCUT2D eigenvalue weighted by Crippen LogP contribution is -2.62. The normalized spacial score (nSPS) is 18.1. The molecule has 10 rings (SSSR count). The first-order valence-corrected chi connectivity index (χ1v) is 32.8. The van der Waals surface area contributed by atoms with Crippen LogP contribution in [-0.4, -0.2) is 182 Å². The van der Waals surface area contributed by atoms with E-state index in [0.29, 0.717) is 65.2 Å². The molecule has 0 bridgehead atoms. The predicted octanol–water partition coefficient (Wildman–Crippen LogP) is 0.202. The van der Waals surface area contributed by atoms with Gasteiger partial charge >= 0.3 is 5.97 Å². The molecule has 0 radical (unpaired) electrons. The van der Waals surface area contributed by atoms with Crippen molar-refractivity contribution in [2.24, 2.45) is 5.73 Å². The van der Waals surface area contributed by atoms with Crippen molar-refractivity contribution < 1.29 is 58.2 Å². The number of carboxylic acid groups (broad SMARTS) is 1. The van der Waals surface area contributed by atoms with Gasteiger partial charge in [-0.05, 0) is 80.3 Å². The quantitative estimate of drug-likeness (QED) is 0.0236. The number of nitrogens with zero attached hydrogens (tertiary/aromatic N) is 4. The Balaban J connectivity index is 0.926. The molecule has 8 aromatic rings. The number of nitrogens with one attached hydrogen (secondary N) is 13. The van der Waals surface area contributed by atoms with E-state index in [0.717, 1.165) is 16.5 Å². The number of fused-ring (bicyclic) bond motifs is 2. The molecule has 0 aliphatic carbocycles. The second kappa shape index (κ2) is 32.7. The summed E-state index contributed by atoms with van der Waals surface area (Å²) in [4.78, 5) is 167. The van der Waals surface area contributed by atoms with Gasteiger partial charge in [-0.1, -0.05) is 73.7 Å². The number of hydrogen-bond acceptors (Lipinski definition) is 16. The SMILES string of the molecule is CC[C@@]1(C(=O)O)CCC(C(=O)[C@H](CCCCN)NC(=O)[C@H](Cc2c[nH]c3ccccc23)NC(=O)[C@H](Cc2nccn2Cc2ccccc2)NC(=O)[C@H](Cc2cnc[nH]2)NC(=O)[C@H](CO)NC(=O)[C@H](Cc2c[nH]c3ccccc23)NC(=O)[C@H](Cc2cnc[nH]2)NC(=O)[C@@H]2CCC(=O)N2)N1. The van der Waals surface area contributed by atoms with Crippen LogP contribution in [0.2, 0.25) is 0 Å². The van der Waals surface area contributed by atoms with Gasteiger partial charge in [0.1, 0.15) is 53.7 Å². The van der Waals surface area contributed by atoms with E-state index in [1.807, 2.05) is 66.7 Å². The molecule has 5 aromatic heterocycles. The number of aliphatic hydroxyl groups is 1. The summed E-state index contributed by atoms with van der Waals surface area (Å²) >= 11 is 0. The lowest BCUT2D eigenvalue weighted by atomic mass is 9.94. The fraction of sp³-hybridized carbons (Fsp3) is 0.397. The first kappa shape index (κ1) is 70.0. The van der Waals surface area contributed by atoms with Crippen LogP contribution in [0.15, 0.2) is 129 Å². The highest BCUT2D eigenvalue weighted by atomic mass is 16.4. The van der Waals surface area contributed by atoms with Crippen molar-refractivity contribution in [3.8, 4) is 0 Å². The van der Waals surface area contributed by atoms with E-state index in [2.05, 4.69) is 82.7 Å². The topological polar surface area (TPSA) is 452 Å². The summed E-state index contributed by atoms with van der Waals surface area (Å²) in [6, 6.07) is 11.8. The number of carbonyl (C=O) groups excluding carboxylic acids is 9. The molecule has 10 atom stereocenters. The maximum Gasteiger partial charge on any atom is 0.323 e. The first-order chi connectivity index (χ1) is 47.4. The predicted molar refractivity (Wildman–Crippen MR) is 357 cm³/mol. The van der Waals surface area contributed by atoms with Gasteiger partial charge in [0, 0.05) is 115 Å². The molecule has 7 heterocycles. The van der Waals surface area contributed by atoms with Gasteiger partial charge in [-0.15, -0.1) is 0 Å².